The third-order valence-corrected chi connectivity index (χ3v) is 4.97. The van der Waals surface area contributed by atoms with Crippen LogP contribution in [0.15, 0.2) is 48.6 Å². The van der Waals surface area contributed by atoms with Crippen LogP contribution >= 0.6 is 0 Å². The fourth-order valence-electron chi connectivity index (χ4n) is 1.63. The zero-order valence-corrected chi connectivity index (χ0v) is 9.09. The van der Waals surface area contributed by atoms with E-state index < -0.39 is 0 Å². The molecule has 68 valence electrons. The second-order valence-corrected chi connectivity index (χ2v) is 5.78. The Morgan fingerprint density at radius 1 is 1.08 bits per heavy atom. The standard InChI is InChI=1S/C7H9.C5H5.Cr/c1-2-7-5-3-4-6-7;1-2-4-5-3-1;/h3-6H,2H2,1H3;1-5H;. The summed E-state index contributed by atoms with van der Waals surface area (Å²) in [5, 5.41) is 0. The average molecular weight is 210 g/mol. The van der Waals surface area contributed by atoms with Gasteiger partial charge >= 0.3 is 86.2 Å². The van der Waals surface area contributed by atoms with Crippen molar-refractivity contribution in [1.82, 2.24) is 0 Å². The average Bonchev–Trinajstić information content (AvgIpc) is 2.77. The van der Waals surface area contributed by atoms with Gasteiger partial charge in [0.25, 0.3) is 0 Å². The van der Waals surface area contributed by atoms with Gasteiger partial charge in [-0.25, -0.2) is 0 Å². The van der Waals surface area contributed by atoms with Crippen LogP contribution < -0.4 is 0 Å². The van der Waals surface area contributed by atoms with Gasteiger partial charge in [-0.15, -0.1) is 0 Å². The molecule has 0 saturated carbocycles. The third kappa shape index (κ3) is 1.88. The first-order valence-electron chi connectivity index (χ1n) is 4.74. The van der Waals surface area contributed by atoms with Gasteiger partial charge in [-0.1, -0.05) is 0 Å². The molecule has 1 heteroatoms. The van der Waals surface area contributed by atoms with Crippen LogP contribution in [0.3, 0.4) is 0 Å². The fraction of sp³-hybridized carbons (Fsp3) is 0.333. The molecular weight excluding hydrogens is 196 g/mol. The predicted octanol–water partition coefficient (Wildman–Crippen LogP) is 3.68. The van der Waals surface area contributed by atoms with Crippen LogP contribution in [-0.4, -0.2) is 0 Å². The monoisotopic (exact) mass is 210 g/mol. The first-order chi connectivity index (χ1) is 6.35. The van der Waals surface area contributed by atoms with Gasteiger partial charge in [-0.05, 0) is 0 Å². The molecule has 0 atom stereocenters. The summed E-state index contributed by atoms with van der Waals surface area (Å²) in [6.45, 7) is 2.28. The summed E-state index contributed by atoms with van der Waals surface area (Å²) in [5.74, 6) is 0. The van der Waals surface area contributed by atoms with E-state index >= 15 is 0 Å². The summed E-state index contributed by atoms with van der Waals surface area (Å²) in [6.07, 6.45) is 19.3. The number of allylic oxidation sites excluding steroid dienone is 8. The summed E-state index contributed by atoms with van der Waals surface area (Å²) >= 11 is 0.634. The van der Waals surface area contributed by atoms with Crippen LogP contribution in [0.5, 0.6) is 0 Å². The van der Waals surface area contributed by atoms with Crippen LogP contribution in [0.25, 0.3) is 0 Å². The molecule has 0 nitrogen and oxygen atoms in total. The van der Waals surface area contributed by atoms with E-state index in [9.17, 15) is 0 Å². The molecule has 0 amide bonds. The Bertz CT molecular complexity index is 270. The molecule has 0 unspecified atom stereocenters. The van der Waals surface area contributed by atoms with E-state index in [4.69, 9.17) is 0 Å². The molecule has 0 aromatic carbocycles. The molecule has 0 aromatic rings. The Labute approximate surface area is 86.4 Å². The summed E-state index contributed by atoms with van der Waals surface area (Å²) in [6, 6.07) is 0. The Morgan fingerprint density at radius 3 is 2.23 bits per heavy atom. The van der Waals surface area contributed by atoms with Gasteiger partial charge in [0.05, 0.1) is 0 Å². The molecule has 0 radical (unpaired) electrons. The predicted molar refractivity (Wildman–Crippen MR) is 53.3 cm³/mol. The summed E-state index contributed by atoms with van der Waals surface area (Å²) in [5.41, 5.74) is 0. The molecule has 0 heterocycles. The van der Waals surface area contributed by atoms with Crippen molar-refractivity contribution in [2.75, 3.05) is 0 Å². The van der Waals surface area contributed by atoms with Gasteiger partial charge in [-0.2, -0.15) is 0 Å². The van der Waals surface area contributed by atoms with Gasteiger partial charge < -0.3 is 0 Å². The molecular formula is C12H14Cr. The summed E-state index contributed by atoms with van der Waals surface area (Å²) in [4.78, 5) is 0. The quantitative estimate of drug-likeness (QED) is 0.666. The maximum absolute atomic E-state index is 2.37. The number of hydrogen-bond acceptors (Lipinski definition) is 0. The maximum atomic E-state index is 2.37. The molecule has 0 fully saturated rings. The zero-order valence-electron chi connectivity index (χ0n) is 7.81. The minimum absolute atomic E-state index is 0.399. The van der Waals surface area contributed by atoms with Crippen LogP contribution in [0, 0.1) is 0 Å². The fourth-order valence-corrected chi connectivity index (χ4v) is 3.70. The van der Waals surface area contributed by atoms with Gasteiger partial charge in [0.15, 0.2) is 0 Å². The molecule has 0 N–H and O–H groups in total. The molecule has 0 saturated heterocycles. The Balaban J connectivity index is 2.06. The van der Waals surface area contributed by atoms with E-state index in [1.807, 2.05) is 0 Å². The van der Waals surface area contributed by atoms with E-state index in [0.717, 1.165) is 0 Å². The van der Waals surface area contributed by atoms with Crippen molar-refractivity contribution in [3.05, 3.63) is 48.6 Å². The normalized spacial score (nSPS) is 23.5. The van der Waals surface area contributed by atoms with Crippen molar-refractivity contribution < 1.29 is 15.2 Å². The van der Waals surface area contributed by atoms with Crippen LogP contribution in [-0.2, 0) is 15.2 Å². The Morgan fingerprint density at radius 2 is 1.69 bits per heavy atom. The van der Waals surface area contributed by atoms with Crippen LogP contribution in [0.1, 0.15) is 13.3 Å². The Hall–Kier alpha value is -0.508. The van der Waals surface area contributed by atoms with E-state index in [0.29, 0.717) is 24.3 Å². The molecule has 2 aliphatic carbocycles. The first kappa shape index (κ1) is 9.06. The molecule has 2 aliphatic rings. The minimum atomic E-state index is 0.399. The van der Waals surface area contributed by atoms with E-state index in [2.05, 4.69) is 55.5 Å². The molecule has 0 bridgehead atoms. The van der Waals surface area contributed by atoms with Crippen molar-refractivity contribution >= 4 is 0 Å². The summed E-state index contributed by atoms with van der Waals surface area (Å²) < 4.78 is 1.11. The van der Waals surface area contributed by atoms with Crippen molar-refractivity contribution in [3.63, 3.8) is 0 Å². The number of hydrogen-bond donors (Lipinski definition) is 0. The van der Waals surface area contributed by atoms with Crippen molar-refractivity contribution in [2.45, 2.75) is 22.4 Å². The molecule has 2 rings (SSSR count). The van der Waals surface area contributed by atoms with E-state index in [1.165, 1.54) is 6.42 Å². The second-order valence-electron chi connectivity index (χ2n) is 3.38. The third-order valence-electron chi connectivity index (χ3n) is 2.49. The van der Waals surface area contributed by atoms with Gasteiger partial charge in [0, 0.05) is 0 Å². The molecule has 0 aromatic heterocycles. The molecule has 0 spiro atoms. The van der Waals surface area contributed by atoms with Gasteiger partial charge in [0.1, 0.15) is 0 Å². The van der Waals surface area contributed by atoms with Gasteiger partial charge in [-0.3, -0.25) is 0 Å². The zero-order chi connectivity index (χ0) is 9.15. The van der Waals surface area contributed by atoms with Crippen molar-refractivity contribution in [3.8, 4) is 0 Å². The van der Waals surface area contributed by atoms with Crippen molar-refractivity contribution in [2.24, 2.45) is 0 Å². The van der Waals surface area contributed by atoms with E-state index in [1.54, 1.807) is 0 Å². The first-order valence-corrected chi connectivity index (χ1v) is 6.12. The second kappa shape index (κ2) is 3.70. The SMILES string of the molecule is CC[C]1([Cr][CH]2C=CC=C2)C=CC=C1. The van der Waals surface area contributed by atoms with Crippen molar-refractivity contribution in [1.29, 1.82) is 0 Å². The molecule has 0 aliphatic heterocycles. The topological polar surface area (TPSA) is 0 Å². The van der Waals surface area contributed by atoms with Crippen LogP contribution in [0.4, 0.5) is 0 Å². The van der Waals surface area contributed by atoms with Crippen LogP contribution in [0.2, 0.25) is 9.06 Å². The number of rotatable bonds is 3. The summed E-state index contributed by atoms with van der Waals surface area (Å²) in [7, 11) is 0. The van der Waals surface area contributed by atoms with Gasteiger partial charge in [0.2, 0.25) is 0 Å². The Kier molecular flexibility index (Phi) is 2.58. The molecule has 13 heavy (non-hydrogen) atoms. The van der Waals surface area contributed by atoms with E-state index in [-0.39, 0.29) is 0 Å².